The first-order valence-electron chi connectivity index (χ1n) is 9.25. The molecule has 7 heteroatoms. The van der Waals surface area contributed by atoms with Crippen molar-refractivity contribution in [3.63, 3.8) is 0 Å². The number of aliphatic hydroxyl groups excluding tert-OH is 4. The fourth-order valence-electron chi connectivity index (χ4n) is 3.42. The van der Waals surface area contributed by atoms with Crippen LogP contribution in [0.5, 0.6) is 5.75 Å². The second-order valence-corrected chi connectivity index (χ2v) is 7.26. The molecular formula is C21H25ClO6. The Morgan fingerprint density at radius 3 is 2.54 bits per heavy atom. The molecule has 152 valence electrons. The number of hydrogen-bond acceptors (Lipinski definition) is 6. The molecule has 0 amide bonds. The summed E-state index contributed by atoms with van der Waals surface area (Å²) in [5.41, 5.74) is 2.45. The van der Waals surface area contributed by atoms with Gasteiger partial charge >= 0.3 is 0 Å². The maximum absolute atomic E-state index is 10.4. The van der Waals surface area contributed by atoms with Crippen LogP contribution in [0, 0.1) is 0 Å². The SMILES string of the molecule is CCOc1cccc(Cc2cc([C@H]3O[C@@H](CO)[C@H](O)[C@@H](O)[C@@H]3O)ccc2Cl)c1. The predicted octanol–water partition coefficient (Wildman–Crippen LogP) is 1.84. The van der Waals surface area contributed by atoms with Gasteiger partial charge in [-0.25, -0.2) is 0 Å². The Morgan fingerprint density at radius 2 is 1.82 bits per heavy atom. The van der Waals surface area contributed by atoms with Gasteiger partial charge in [0.25, 0.3) is 0 Å². The van der Waals surface area contributed by atoms with E-state index in [2.05, 4.69) is 0 Å². The molecule has 1 fully saturated rings. The minimum atomic E-state index is -1.42. The third-order valence-corrected chi connectivity index (χ3v) is 5.26. The Balaban J connectivity index is 1.86. The van der Waals surface area contributed by atoms with Crippen molar-refractivity contribution in [1.29, 1.82) is 0 Å². The van der Waals surface area contributed by atoms with E-state index in [1.165, 1.54) is 0 Å². The fourth-order valence-corrected chi connectivity index (χ4v) is 3.60. The standard InChI is InChI=1S/C21H25ClO6/c1-2-27-15-5-3-4-12(9-15)8-14-10-13(6-7-16(14)22)21-20(26)19(25)18(24)17(11-23)28-21/h3-7,9-10,17-21,23-26H,2,8,11H2,1H3/t17-,18-,19+,20-,21+/m0/s1. The van der Waals surface area contributed by atoms with Crippen molar-refractivity contribution in [2.75, 3.05) is 13.2 Å². The zero-order chi connectivity index (χ0) is 20.3. The van der Waals surface area contributed by atoms with E-state index >= 15 is 0 Å². The molecule has 6 nitrogen and oxygen atoms in total. The molecule has 3 rings (SSSR count). The van der Waals surface area contributed by atoms with E-state index in [0.717, 1.165) is 16.9 Å². The van der Waals surface area contributed by atoms with Gasteiger partial charge in [-0.2, -0.15) is 0 Å². The van der Waals surface area contributed by atoms with Crippen LogP contribution in [0.3, 0.4) is 0 Å². The van der Waals surface area contributed by atoms with Gasteiger partial charge in [-0.05, 0) is 48.2 Å². The van der Waals surface area contributed by atoms with Crippen LogP contribution in [0.15, 0.2) is 42.5 Å². The summed E-state index contributed by atoms with van der Waals surface area (Å²) in [5, 5.41) is 40.3. The highest BCUT2D eigenvalue weighted by atomic mass is 35.5. The summed E-state index contributed by atoms with van der Waals surface area (Å²) in [4.78, 5) is 0. The van der Waals surface area contributed by atoms with Crippen LogP contribution in [-0.4, -0.2) is 58.1 Å². The molecule has 1 saturated heterocycles. The number of hydrogen-bond donors (Lipinski definition) is 4. The quantitative estimate of drug-likeness (QED) is 0.582. The van der Waals surface area contributed by atoms with E-state index in [0.29, 0.717) is 23.6 Å². The molecule has 0 saturated carbocycles. The van der Waals surface area contributed by atoms with Crippen LogP contribution in [-0.2, 0) is 11.2 Å². The molecule has 0 aromatic heterocycles. The zero-order valence-corrected chi connectivity index (χ0v) is 16.3. The Morgan fingerprint density at radius 1 is 1.04 bits per heavy atom. The fraction of sp³-hybridized carbons (Fsp3) is 0.429. The monoisotopic (exact) mass is 408 g/mol. The van der Waals surface area contributed by atoms with Gasteiger partial charge in [-0.1, -0.05) is 35.9 Å². The highest BCUT2D eigenvalue weighted by Gasteiger charge is 2.43. The van der Waals surface area contributed by atoms with Crippen molar-refractivity contribution in [1.82, 2.24) is 0 Å². The van der Waals surface area contributed by atoms with Crippen molar-refractivity contribution in [3.05, 3.63) is 64.2 Å². The summed E-state index contributed by atoms with van der Waals surface area (Å²) < 4.78 is 11.2. The number of rotatable bonds is 6. The first kappa shape index (κ1) is 21.0. The van der Waals surface area contributed by atoms with Crippen molar-refractivity contribution in [2.45, 2.75) is 43.9 Å². The van der Waals surface area contributed by atoms with E-state index in [-0.39, 0.29) is 0 Å². The average molecular weight is 409 g/mol. The van der Waals surface area contributed by atoms with Crippen LogP contribution in [0.25, 0.3) is 0 Å². The second-order valence-electron chi connectivity index (χ2n) is 6.86. The van der Waals surface area contributed by atoms with Crippen molar-refractivity contribution >= 4 is 11.6 Å². The van der Waals surface area contributed by atoms with Crippen molar-refractivity contribution < 1.29 is 29.9 Å². The minimum absolute atomic E-state index is 0.466. The molecular weight excluding hydrogens is 384 g/mol. The molecule has 4 N–H and O–H groups in total. The number of aliphatic hydroxyl groups is 4. The summed E-state index contributed by atoms with van der Waals surface area (Å²) in [6.07, 6.45) is -5.42. The molecule has 0 aliphatic carbocycles. The van der Waals surface area contributed by atoms with E-state index in [1.54, 1.807) is 12.1 Å². The maximum Gasteiger partial charge on any atom is 0.119 e. The molecule has 0 bridgehead atoms. The largest absolute Gasteiger partial charge is 0.494 e. The summed E-state index contributed by atoms with van der Waals surface area (Å²) in [6.45, 7) is 2.04. The van der Waals surface area contributed by atoms with Crippen molar-refractivity contribution in [3.8, 4) is 5.75 Å². The van der Waals surface area contributed by atoms with Gasteiger partial charge in [0.2, 0.25) is 0 Å². The summed E-state index contributed by atoms with van der Waals surface area (Å²) in [5.74, 6) is 0.779. The first-order valence-corrected chi connectivity index (χ1v) is 9.63. The Kier molecular flexibility index (Phi) is 6.93. The molecule has 2 aromatic carbocycles. The molecule has 1 aliphatic heterocycles. The van der Waals surface area contributed by atoms with Gasteiger partial charge in [-0.3, -0.25) is 0 Å². The van der Waals surface area contributed by atoms with Crippen LogP contribution in [0.2, 0.25) is 5.02 Å². The normalized spacial score (nSPS) is 27.6. The topological polar surface area (TPSA) is 99.4 Å². The predicted molar refractivity (Wildman–Crippen MR) is 105 cm³/mol. The molecule has 1 heterocycles. The summed E-state index contributed by atoms with van der Waals surface area (Å²) in [7, 11) is 0. The highest BCUT2D eigenvalue weighted by Crippen LogP contribution is 2.34. The molecule has 28 heavy (non-hydrogen) atoms. The zero-order valence-electron chi connectivity index (χ0n) is 15.5. The van der Waals surface area contributed by atoms with Gasteiger partial charge in [0, 0.05) is 5.02 Å². The minimum Gasteiger partial charge on any atom is -0.494 e. The molecule has 5 atom stereocenters. The van der Waals surface area contributed by atoms with Gasteiger partial charge in [0.15, 0.2) is 0 Å². The Hall–Kier alpha value is -1.67. The van der Waals surface area contributed by atoms with E-state index in [4.69, 9.17) is 21.1 Å². The molecule has 1 aliphatic rings. The lowest BCUT2D eigenvalue weighted by Gasteiger charge is -2.40. The number of benzene rings is 2. The first-order chi connectivity index (χ1) is 13.4. The van der Waals surface area contributed by atoms with E-state index < -0.39 is 37.1 Å². The molecule has 2 aromatic rings. The smallest absolute Gasteiger partial charge is 0.119 e. The summed E-state index contributed by atoms with van der Waals surface area (Å²) >= 11 is 6.37. The second kappa shape index (κ2) is 9.22. The lowest BCUT2D eigenvalue weighted by Crippen LogP contribution is -2.55. The Bertz CT molecular complexity index is 796. The van der Waals surface area contributed by atoms with Crippen LogP contribution in [0.4, 0.5) is 0 Å². The molecule has 0 radical (unpaired) electrons. The van der Waals surface area contributed by atoms with Gasteiger partial charge in [0.05, 0.1) is 13.2 Å². The Labute approximate surface area is 168 Å². The van der Waals surface area contributed by atoms with Gasteiger partial charge < -0.3 is 29.9 Å². The van der Waals surface area contributed by atoms with E-state index in [9.17, 15) is 20.4 Å². The van der Waals surface area contributed by atoms with Crippen molar-refractivity contribution in [2.24, 2.45) is 0 Å². The molecule has 0 unspecified atom stereocenters. The van der Waals surface area contributed by atoms with Gasteiger partial charge in [-0.15, -0.1) is 0 Å². The van der Waals surface area contributed by atoms with Crippen LogP contribution in [0.1, 0.15) is 29.7 Å². The van der Waals surface area contributed by atoms with Crippen LogP contribution < -0.4 is 4.74 Å². The third kappa shape index (κ3) is 4.49. The maximum atomic E-state index is 10.4. The number of halogens is 1. The summed E-state index contributed by atoms with van der Waals surface area (Å²) in [6, 6.07) is 12.9. The van der Waals surface area contributed by atoms with E-state index in [1.807, 2.05) is 37.3 Å². The number of ether oxygens (including phenoxy) is 2. The average Bonchev–Trinajstić information content (AvgIpc) is 2.69. The highest BCUT2D eigenvalue weighted by molar-refractivity contribution is 6.31. The lowest BCUT2D eigenvalue weighted by molar-refractivity contribution is -0.231. The lowest BCUT2D eigenvalue weighted by atomic mass is 9.90. The molecule has 0 spiro atoms. The third-order valence-electron chi connectivity index (χ3n) is 4.89. The van der Waals surface area contributed by atoms with Crippen LogP contribution >= 0.6 is 11.6 Å². The van der Waals surface area contributed by atoms with Gasteiger partial charge in [0.1, 0.15) is 36.3 Å².